The Hall–Kier alpha value is -1.46. The van der Waals surface area contributed by atoms with Crippen LogP contribution in [0.2, 0.25) is 0 Å². The second-order valence-electron chi connectivity index (χ2n) is 4.71. The molecular weight excluding hydrogens is 246 g/mol. The average Bonchev–Trinajstić information content (AvgIpc) is 2.43. The van der Waals surface area contributed by atoms with Crippen molar-refractivity contribution in [1.29, 1.82) is 0 Å². The fourth-order valence-electron chi connectivity index (χ4n) is 1.88. The molecule has 1 aromatic carbocycles. The first-order valence-electron chi connectivity index (χ1n) is 6.19. The van der Waals surface area contributed by atoms with Crippen molar-refractivity contribution < 1.29 is 19.3 Å². The Morgan fingerprint density at radius 2 is 1.47 bits per heavy atom. The topological polar surface area (TPSA) is 73.9 Å². The fourth-order valence-corrected chi connectivity index (χ4v) is 1.88. The lowest BCUT2D eigenvalue weighted by Crippen LogP contribution is -2.33. The number of hydrogen-bond acceptors (Lipinski definition) is 5. The number of nitrogens with two attached hydrogens (primary N) is 1. The highest BCUT2D eigenvalue weighted by Crippen LogP contribution is 2.39. The van der Waals surface area contributed by atoms with Gasteiger partial charge in [0.1, 0.15) is 23.4 Å². The molecule has 0 aliphatic rings. The first kappa shape index (κ1) is 15.6. The van der Waals surface area contributed by atoms with E-state index in [9.17, 15) is 5.11 Å². The molecule has 2 unspecified atom stereocenters. The molecule has 0 spiro atoms. The van der Waals surface area contributed by atoms with Crippen LogP contribution in [0.1, 0.15) is 25.5 Å². The lowest BCUT2D eigenvalue weighted by atomic mass is 9.93. The highest BCUT2D eigenvalue weighted by Gasteiger charge is 2.27. The zero-order chi connectivity index (χ0) is 14.6. The van der Waals surface area contributed by atoms with E-state index in [-0.39, 0.29) is 5.92 Å². The summed E-state index contributed by atoms with van der Waals surface area (Å²) in [6.07, 6.45) is -0.865. The summed E-state index contributed by atoms with van der Waals surface area (Å²) >= 11 is 0. The number of rotatable bonds is 6. The van der Waals surface area contributed by atoms with E-state index in [1.807, 2.05) is 13.8 Å². The smallest absolute Gasteiger partial charge is 0.132 e. The van der Waals surface area contributed by atoms with Crippen molar-refractivity contribution in [1.82, 2.24) is 0 Å². The molecule has 0 saturated carbocycles. The summed E-state index contributed by atoms with van der Waals surface area (Å²) in [7, 11) is 4.63. The zero-order valence-corrected chi connectivity index (χ0v) is 12.1. The van der Waals surface area contributed by atoms with Gasteiger partial charge in [-0.3, -0.25) is 0 Å². The largest absolute Gasteiger partial charge is 0.496 e. The van der Waals surface area contributed by atoms with E-state index in [2.05, 4.69) is 0 Å². The lowest BCUT2D eigenvalue weighted by molar-refractivity contribution is 0.119. The molecule has 0 heterocycles. The molecule has 0 aliphatic carbocycles. The first-order valence-corrected chi connectivity index (χ1v) is 6.19. The van der Waals surface area contributed by atoms with E-state index >= 15 is 0 Å². The third kappa shape index (κ3) is 3.30. The van der Waals surface area contributed by atoms with Gasteiger partial charge in [0.15, 0.2) is 0 Å². The highest BCUT2D eigenvalue weighted by molar-refractivity contribution is 5.52. The minimum atomic E-state index is -0.865. The maximum absolute atomic E-state index is 10.4. The number of hydrogen-bond donors (Lipinski definition) is 2. The Morgan fingerprint density at radius 3 is 1.79 bits per heavy atom. The van der Waals surface area contributed by atoms with E-state index in [1.165, 1.54) is 14.2 Å². The highest BCUT2D eigenvalue weighted by atomic mass is 16.5. The standard InChI is InChI=1S/C14H23NO4/c1-8(2)13(15)14(16)12-10(18-4)6-9(17-3)7-11(12)19-5/h6-8,13-14,16H,15H2,1-5H3. The van der Waals surface area contributed by atoms with Crippen LogP contribution in [-0.4, -0.2) is 32.5 Å². The Balaban J connectivity index is 3.31. The number of aliphatic hydroxyl groups excluding tert-OH is 1. The molecule has 3 N–H and O–H groups in total. The summed E-state index contributed by atoms with van der Waals surface area (Å²) in [5.41, 5.74) is 6.57. The predicted octanol–water partition coefficient (Wildman–Crippen LogP) is 1.73. The summed E-state index contributed by atoms with van der Waals surface area (Å²) in [5, 5.41) is 10.4. The summed E-state index contributed by atoms with van der Waals surface area (Å²) in [4.78, 5) is 0. The van der Waals surface area contributed by atoms with Crippen molar-refractivity contribution in [3.05, 3.63) is 17.7 Å². The molecule has 1 aromatic rings. The predicted molar refractivity (Wildman–Crippen MR) is 73.9 cm³/mol. The van der Waals surface area contributed by atoms with Gasteiger partial charge in [0.25, 0.3) is 0 Å². The van der Waals surface area contributed by atoms with Crippen LogP contribution in [-0.2, 0) is 0 Å². The molecule has 0 radical (unpaired) electrons. The third-order valence-electron chi connectivity index (χ3n) is 3.18. The summed E-state index contributed by atoms with van der Waals surface area (Å²) in [6, 6.07) is 3.00. The van der Waals surface area contributed by atoms with Crippen LogP contribution < -0.4 is 19.9 Å². The van der Waals surface area contributed by atoms with Gasteiger partial charge in [0, 0.05) is 18.2 Å². The Kier molecular flexibility index (Phi) is 5.44. The van der Waals surface area contributed by atoms with Gasteiger partial charge in [-0.1, -0.05) is 13.8 Å². The van der Waals surface area contributed by atoms with Gasteiger partial charge in [0.2, 0.25) is 0 Å². The van der Waals surface area contributed by atoms with Crippen molar-refractivity contribution in [3.8, 4) is 17.2 Å². The van der Waals surface area contributed by atoms with Crippen LogP contribution in [0.5, 0.6) is 17.2 Å². The van der Waals surface area contributed by atoms with Gasteiger partial charge in [-0.05, 0) is 5.92 Å². The second-order valence-corrected chi connectivity index (χ2v) is 4.71. The van der Waals surface area contributed by atoms with E-state index < -0.39 is 12.1 Å². The minimum absolute atomic E-state index is 0.131. The number of ether oxygens (including phenoxy) is 3. The molecule has 0 saturated heterocycles. The van der Waals surface area contributed by atoms with E-state index in [0.717, 1.165) is 0 Å². The van der Waals surface area contributed by atoms with Crippen LogP contribution in [0.4, 0.5) is 0 Å². The van der Waals surface area contributed by atoms with Crippen LogP contribution in [0, 0.1) is 5.92 Å². The van der Waals surface area contributed by atoms with Crippen molar-refractivity contribution in [3.63, 3.8) is 0 Å². The van der Waals surface area contributed by atoms with E-state index in [0.29, 0.717) is 22.8 Å². The summed E-state index contributed by atoms with van der Waals surface area (Å²) in [6.45, 7) is 3.91. The van der Waals surface area contributed by atoms with Gasteiger partial charge < -0.3 is 25.1 Å². The normalized spacial score (nSPS) is 14.1. The number of benzene rings is 1. The Labute approximate surface area is 114 Å². The van der Waals surface area contributed by atoms with Crippen molar-refractivity contribution in [2.45, 2.75) is 26.0 Å². The van der Waals surface area contributed by atoms with Crippen LogP contribution in [0.25, 0.3) is 0 Å². The minimum Gasteiger partial charge on any atom is -0.496 e. The molecule has 5 nitrogen and oxygen atoms in total. The zero-order valence-electron chi connectivity index (χ0n) is 12.1. The van der Waals surface area contributed by atoms with Crippen LogP contribution >= 0.6 is 0 Å². The molecule has 0 aromatic heterocycles. The van der Waals surface area contributed by atoms with Crippen molar-refractivity contribution >= 4 is 0 Å². The Bertz CT molecular complexity index is 395. The summed E-state index contributed by atoms with van der Waals surface area (Å²) < 4.78 is 15.8. The fraction of sp³-hybridized carbons (Fsp3) is 0.571. The molecule has 5 heteroatoms. The maximum atomic E-state index is 10.4. The van der Waals surface area contributed by atoms with Crippen molar-refractivity contribution in [2.75, 3.05) is 21.3 Å². The van der Waals surface area contributed by atoms with Gasteiger partial charge >= 0.3 is 0 Å². The molecule has 0 aliphatic heterocycles. The van der Waals surface area contributed by atoms with Gasteiger partial charge in [-0.25, -0.2) is 0 Å². The molecule has 0 fully saturated rings. The second kappa shape index (κ2) is 6.63. The lowest BCUT2D eigenvalue weighted by Gasteiger charge is -2.25. The van der Waals surface area contributed by atoms with Gasteiger partial charge in [-0.2, -0.15) is 0 Å². The Morgan fingerprint density at radius 1 is 1.00 bits per heavy atom. The van der Waals surface area contributed by atoms with Crippen LogP contribution in [0.15, 0.2) is 12.1 Å². The van der Waals surface area contributed by atoms with Gasteiger partial charge in [0.05, 0.1) is 26.9 Å². The maximum Gasteiger partial charge on any atom is 0.132 e. The molecule has 19 heavy (non-hydrogen) atoms. The first-order chi connectivity index (χ1) is 8.96. The molecule has 1 rings (SSSR count). The number of methoxy groups -OCH3 is 3. The van der Waals surface area contributed by atoms with Crippen LogP contribution in [0.3, 0.4) is 0 Å². The molecule has 108 valence electrons. The average molecular weight is 269 g/mol. The van der Waals surface area contributed by atoms with Gasteiger partial charge in [-0.15, -0.1) is 0 Å². The monoisotopic (exact) mass is 269 g/mol. The molecular formula is C14H23NO4. The third-order valence-corrected chi connectivity index (χ3v) is 3.18. The SMILES string of the molecule is COc1cc(OC)c(C(O)C(N)C(C)C)c(OC)c1. The summed E-state index contributed by atoms with van der Waals surface area (Å²) in [5.74, 6) is 1.73. The van der Waals surface area contributed by atoms with E-state index in [1.54, 1.807) is 19.2 Å². The molecule has 0 bridgehead atoms. The molecule has 2 atom stereocenters. The van der Waals surface area contributed by atoms with Crippen molar-refractivity contribution in [2.24, 2.45) is 11.7 Å². The number of aliphatic hydroxyl groups is 1. The quantitative estimate of drug-likeness (QED) is 0.822. The molecule has 0 amide bonds. The van der Waals surface area contributed by atoms with E-state index in [4.69, 9.17) is 19.9 Å².